The number of anilines is 1. The SMILES string of the molecule is CC(=O)N1CCC[C@H](CNc2nc(C3=CNC4NC=C(Cl)C=C34)ncc2F)C1. The van der Waals surface area contributed by atoms with Gasteiger partial charge < -0.3 is 20.9 Å². The first-order valence-electron chi connectivity index (χ1n) is 9.33. The van der Waals surface area contributed by atoms with Crippen molar-refractivity contribution in [3.05, 3.63) is 46.9 Å². The average molecular weight is 405 g/mol. The maximum Gasteiger partial charge on any atom is 0.219 e. The van der Waals surface area contributed by atoms with E-state index in [0.29, 0.717) is 23.9 Å². The molecular weight excluding hydrogens is 383 g/mol. The smallest absolute Gasteiger partial charge is 0.219 e. The van der Waals surface area contributed by atoms with E-state index in [1.54, 1.807) is 19.3 Å². The van der Waals surface area contributed by atoms with Crippen LogP contribution >= 0.6 is 11.6 Å². The highest BCUT2D eigenvalue weighted by molar-refractivity contribution is 6.31. The molecule has 2 atom stereocenters. The van der Waals surface area contributed by atoms with Crippen molar-refractivity contribution in [2.75, 3.05) is 25.0 Å². The van der Waals surface area contributed by atoms with Crippen LogP contribution in [0.2, 0.25) is 0 Å². The van der Waals surface area contributed by atoms with Crippen LogP contribution in [0.5, 0.6) is 0 Å². The number of hydrogen-bond donors (Lipinski definition) is 3. The Morgan fingerprint density at radius 3 is 3.07 bits per heavy atom. The number of hydrogen-bond acceptors (Lipinski definition) is 6. The standard InChI is InChI=1S/C19H22ClFN6O/c1-11(28)27-4-2-3-12(10-27)6-22-19-16(21)9-25-18(26-19)15-8-24-17-14(15)5-13(20)7-23-17/h5,7-9,12,17,23-24H,2-4,6,10H2,1H3,(H,22,25,26)/t12-,17?/m1/s1. The summed E-state index contributed by atoms with van der Waals surface area (Å²) in [5, 5.41) is 10.00. The second-order valence-electron chi connectivity index (χ2n) is 7.20. The number of dihydropyridines is 1. The quantitative estimate of drug-likeness (QED) is 0.713. The van der Waals surface area contributed by atoms with E-state index in [-0.39, 0.29) is 23.8 Å². The van der Waals surface area contributed by atoms with Crippen LogP contribution in [0.3, 0.4) is 0 Å². The molecule has 0 aliphatic carbocycles. The molecule has 28 heavy (non-hydrogen) atoms. The van der Waals surface area contributed by atoms with Crippen LogP contribution in [0.4, 0.5) is 10.2 Å². The van der Waals surface area contributed by atoms with Crippen LogP contribution in [0.25, 0.3) is 5.57 Å². The molecule has 1 aromatic heterocycles. The molecule has 1 unspecified atom stereocenters. The fourth-order valence-corrected chi connectivity index (χ4v) is 3.90. The van der Waals surface area contributed by atoms with Crippen LogP contribution in [0, 0.1) is 11.7 Å². The first-order chi connectivity index (χ1) is 13.5. The lowest BCUT2D eigenvalue weighted by atomic mass is 9.98. The Hall–Kier alpha value is -2.61. The van der Waals surface area contributed by atoms with Gasteiger partial charge in [0, 0.05) is 50.1 Å². The van der Waals surface area contributed by atoms with Crippen LogP contribution in [0.15, 0.2) is 35.3 Å². The van der Waals surface area contributed by atoms with Gasteiger partial charge in [0.25, 0.3) is 0 Å². The van der Waals surface area contributed by atoms with Gasteiger partial charge in [-0.3, -0.25) is 4.79 Å². The Bertz CT molecular complexity index is 883. The molecule has 1 fully saturated rings. The van der Waals surface area contributed by atoms with Crippen molar-refractivity contribution >= 4 is 28.9 Å². The van der Waals surface area contributed by atoms with E-state index < -0.39 is 5.82 Å². The van der Waals surface area contributed by atoms with Gasteiger partial charge in [0.2, 0.25) is 5.91 Å². The maximum absolute atomic E-state index is 14.3. The lowest BCUT2D eigenvalue weighted by Crippen LogP contribution is -2.40. The zero-order valence-electron chi connectivity index (χ0n) is 15.5. The van der Waals surface area contributed by atoms with Crippen molar-refractivity contribution in [2.24, 2.45) is 5.92 Å². The molecule has 4 heterocycles. The van der Waals surface area contributed by atoms with Crippen molar-refractivity contribution < 1.29 is 9.18 Å². The summed E-state index contributed by atoms with van der Waals surface area (Å²) >= 11 is 6.09. The topological polar surface area (TPSA) is 82.2 Å². The van der Waals surface area contributed by atoms with Crippen molar-refractivity contribution in [2.45, 2.75) is 25.9 Å². The summed E-state index contributed by atoms with van der Waals surface area (Å²) in [4.78, 5) is 22.0. The molecule has 9 heteroatoms. The molecular formula is C19H22ClFN6O. The molecule has 0 bridgehead atoms. The highest BCUT2D eigenvalue weighted by Crippen LogP contribution is 2.31. The molecule has 0 aromatic carbocycles. The number of halogens is 2. The molecule has 7 nitrogen and oxygen atoms in total. The summed E-state index contributed by atoms with van der Waals surface area (Å²) in [6.45, 7) is 3.61. The third-order valence-electron chi connectivity index (χ3n) is 5.21. The van der Waals surface area contributed by atoms with Crippen molar-refractivity contribution in [3.63, 3.8) is 0 Å². The zero-order chi connectivity index (χ0) is 19.7. The fraction of sp³-hybridized carbons (Fsp3) is 0.421. The number of aromatic nitrogens is 2. The first kappa shape index (κ1) is 18.7. The fourth-order valence-electron chi connectivity index (χ4n) is 3.72. The summed E-state index contributed by atoms with van der Waals surface area (Å²) in [5.74, 6) is 0.436. The Balaban J connectivity index is 1.47. The van der Waals surface area contributed by atoms with Gasteiger partial charge in [-0.05, 0) is 24.8 Å². The molecule has 0 spiro atoms. The van der Waals surface area contributed by atoms with Crippen molar-refractivity contribution in [3.8, 4) is 0 Å². The number of piperidine rings is 1. The lowest BCUT2D eigenvalue weighted by molar-refractivity contribution is -0.130. The normalized spacial score (nSPS) is 23.7. The highest BCUT2D eigenvalue weighted by atomic mass is 35.5. The number of nitrogens with zero attached hydrogens (tertiary/aromatic N) is 3. The van der Waals surface area contributed by atoms with Gasteiger partial charge in [-0.15, -0.1) is 0 Å². The van der Waals surface area contributed by atoms with E-state index in [1.807, 2.05) is 11.0 Å². The van der Waals surface area contributed by atoms with Gasteiger partial charge in [-0.2, -0.15) is 0 Å². The molecule has 0 radical (unpaired) electrons. The predicted molar refractivity (Wildman–Crippen MR) is 106 cm³/mol. The number of carbonyl (C=O) groups is 1. The van der Waals surface area contributed by atoms with E-state index in [0.717, 1.165) is 30.5 Å². The molecule has 0 saturated carbocycles. The van der Waals surface area contributed by atoms with Crippen molar-refractivity contribution in [1.29, 1.82) is 0 Å². The summed E-state index contributed by atoms with van der Waals surface area (Å²) in [7, 11) is 0. The van der Waals surface area contributed by atoms with Crippen LogP contribution in [-0.4, -0.2) is 46.6 Å². The Morgan fingerprint density at radius 2 is 2.25 bits per heavy atom. The Kier molecular flexibility index (Phi) is 5.21. The second kappa shape index (κ2) is 7.79. The number of allylic oxidation sites excluding steroid dienone is 2. The van der Waals surface area contributed by atoms with Gasteiger partial charge in [-0.25, -0.2) is 14.4 Å². The molecule has 3 aliphatic rings. The van der Waals surface area contributed by atoms with E-state index in [4.69, 9.17) is 11.6 Å². The van der Waals surface area contributed by atoms with Crippen molar-refractivity contribution in [1.82, 2.24) is 25.5 Å². The summed E-state index contributed by atoms with van der Waals surface area (Å²) in [6, 6.07) is 0. The van der Waals surface area contributed by atoms with Crippen LogP contribution in [0.1, 0.15) is 25.6 Å². The summed E-state index contributed by atoms with van der Waals surface area (Å²) in [6.07, 6.45) is 8.39. The minimum Gasteiger partial charge on any atom is -0.367 e. The molecule has 1 amide bonds. The third kappa shape index (κ3) is 3.82. The van der Waals surface area contributed by atoms with Crippen LogP contribution < -0.4 is 16.0 Å². The zero-order valence-corrected chi connectivity index (χ0v) is 16.3. The van der Waals surface area contributed by atoms with Gasteiger partial charge in [0.05, 0.1) is 11.2 Å². The lowest BCUT2D eigenvalue weighted by Gasteiger charge is -2.32. The monoisotopic (exact) mass is 404 g/mol. The molecule has 1 saturated heterocycles. The number of fused-ring (bicyclic) bond motifs is 1. The van der Waals surface area contributed by atoms with Crippen LogP contribution in [-0.2, 0) is 4.79 Å². The Morgan fingerprint density at radius 1 is 1.43 bits per heavy atom. The third-order valence-corrected chi connectivity index (χ3v) is 5.42. The number of nitrogens with one attached hydrogen (secondary N) is 3. The molecule has 4 rings (SSSR count). The highest BCUT2D eigenvalue weighted by Gasteiger charge is 2.28. The van der Waals surface area contributed by atoms with E-state index in [1.165, 1.54) is 6.20 Å². The molecule has 3 aliphatic heterocycles. The molecule has 3 N–H and O–H groups in total. The number of rotatable bonds is 4. The van der Waals surface area contributed by atoms with Gasteiger partial charge in [0.1, 0.15) is 6.17 Å². The number of amides is 1. The minimum atomic E-state index is -0.500. The average Bonchev–Trinajstić information content (AvgIpc) is 3.10. The van der Waals surface area contributed by atoms with Gasteiger partial charge in [0.15, 0.2) is 17.5 Å². The largest absolute Gasteiger partial charge is 0.367 e. The Labute approximate surface area is 167 Å². The number of likely N-dealkylation sites (tertiary alicyclic amines) is 1. The maximum atomic E-state index is 14.3. The number of carbonyl (C=O) groups excluding carboxylic acids is 1. The van der Waals surface area contributed by atoms with Gasteiger partial charge >= 0.3 is 0 Å². The van der Waals surface area contributed by atoms with E-state index in [2.05, 4.69) is 25.9 Å². The summed E-state index contributed by atoms with van der Waals surface area (Å²) in [5.41, 5.74) is 1.68. The minimum absolute atomic E-state index is 0.0810. The predicted octanol–water partition coefficient (Wildman–Crippen LogP) is 2.17. The molecule has 148 valence electrons. The summed E-state index contributed by atoms with van der Waals surface area (Å²) < 4.78 is 14.3. The second-order valence-corrected chi connectivity index (χ2v) is 7.63. The van der Waals surface area contributed by atoms with E-state index >= 15 is 0 Å². The van der Waals surface area contributed by atoms with Gasteiger partial charge in [-0.1, -0.05) is 11.6 Å². The molecule has 1 aromatic rings. The first-order valence-corrected chi connectivity index (χ1v) is 9.71. The van der Waals surface area contributed by atoms with E-state index in [9.17, 15) is 9.18 Å².